The fraction of sp³-hybridized carbons (Fsp3) is 0.786. The molecular formula is C14H23ClN2S. The first kappa shape index (κ1) is 14.3. The molecule has 2 nitrogen and oxygen atoms in total. The minimum Gasteiger partial charge on any atom is -0.291 e. The second-order valence-electron chi connectivity index (χ2n) is 5.00. The van der Waals surface area contributed by atoms with Crippen molar-refractivity contribution in [2.75, 3.05) is 6.54 Å². The van der Waals surface area contributed by atoms with Gasteiger partial charge in [-0.3, -0.25) is 4.90 Å². The van der Waals surface area contributed by atoms with Crippen LogP contribution in [-0.2, 0) is 5.88 Å². The Morgan fingerprint density at radius 3 is 2.67 bits per heavy atom. The van der Waals surface area contributed by atoms with Gasteiger partial charge in [-0.2, -0.15) is 0 Å². The van der Waals surface area contributed by atoms with Crippen molar-refractivity contribution in [3.63, 3.8) is 0 Å². The fourth-order valence-electron chi connectivity index (χ4n) is 3.06. The number of aromatic nitrogens is 1. The molecule has 2 rings (SSSR count). The molecule has 1 fully saturated rings. The third-order valence-corrected chi connectivity index (χ3v) is 5.21. The number of rotatable bonds is 6. The van der Waals surface area contributed by atoms with Gasteiger partial charge in [-0.25, -0.2) is 4.98 Å². The van der Waals surface area contributed by atoms with E-state index >= 15 is 0 Å². The van der Waals surface area contributed by atoms with Crippen LogP contribution in [0.25, 0.3) is 0 Å². The maximum atomic E-state index is 5.86. The molecule has 0 aromatic carbocycles. The summed E-state index contributed by atoms with van der Waals surface area (Å²) in [6, 6.07) is 1.25. The van der Waals surface area contributed by atoms with Crippen molar-refractivity contribution in [2.45, 2.75) is 63.9 Å². The van der Waals surface area contributed by atoms with Gasteiger partial charge in [-0.1, -0.05) is 26.7 Å². The van der Waals surface area contributed by atoms with Crippen molar-refractivity contribution in [2.24, 2.45) is 0 Å². The number of nitrogens with zero attached hydrogens (tertiary/aromatic N) is 2. The maximum Gasteiger partial charge on any atom is 0.110 e. The van der Waals surface area contributed by atoms with Gasteiger partial charge in [0.15, 0.2) is 0 Å². The summed E-state index contributed by atoms with van der Waals surface area (Å²) in [6.45, 7) is 5.67. The van der Waals surface area contributed by atoms with Gasteiger partial charge >= 0.3 is 0 Å². The van der Waals surface area contributed by atoms with E-state index in [0.29, 0.717) is 11.9 Å². The highest BCUT2D eigenvalue weighted by Crippen LogP contribution is 2.34. The van der Waals surface area contributed by atoms with Crippen molar-refractivity contribution in [1.29, 1.82) is 0 Å². The average Bonchev–Trinajstić information content (AvgIpc) is 3.06. The molecule has 1 aliphatic carbocycles. The monoisotopic (exact) mass is 286 g/mol. The molecule has 0 bridgehead atoms. The highest BCUT2D eigenvalue weighted by molar-refractivity contribution is 7.09. The lowest BCUT2D eigenvalue weighted by Crippen LogP contribution is -2.36. The molecule has 1 unspecified atom stereocenters. The van der Waals surface area contributed by atoms with E-state index in [-0.39, 0.29) is 0 Å². The summed E-state index contributed by atoms with van der Waals surface area (Å²) in [6.07, 6.45) is 6.64. The minimum absolute atomic E-state index is 0.486. The summed E-state index contributed by atoms with van der Waals surface area (Å²) < 4.78 is 0. The summed E-state index contributed by atoms with van der Waals surface area (Å²) in [5, 5.41) is 3.36. The zero-order chi connectivity index (χ0) is 13.0. The SMILES string of the molecule is CCC(c1nc(CCl)cs1)N(CC)C1CCCC1. The normalized spacial score (nSPS) is 18.7. The lowest BCUT2D eigenvalue weighted by atomic mass is 10.1. The predicted octanol–water partition coefficient (Wildman–Crippen LogP) is 4.60. The Morgan fingerprint density at radius 2 is 2.17 bits per heavy atom. The average molecular weight is 287 g/mol. The number of hydrogen-bond acceptors (Lipinski definition) is 3. The third-order valence-electron chi connectivity index (χ3n) is 3.94. The zero-order valence-corrected chi connectivity index (χ0v) is 12.9. The van der Waals surface area contributed by atoms with Crippen LogP contribution < -0.4 is 0 Å². The number of thiazole rings is 1. The van der Waals surface area contributed by atoms with E-state index in [1.807, 2.05) is 0 Å². The molecule has 1 atom stereocenters. The van der Waals surface area contributed by atoms with Gasteiger partial charge < -0.3 is 0 Å². The smallest absolute Gasteiger partial charge is 0.110 e. The molecule has 1 heterocycles. The first-order chi connectivity index (χ1) is 8.80. The molecule has 4 heteroatoms. The van der Waals surface area contributed by atoms with Gasteiger partial charge in [0.25, 0.3) is 0 Å². The van der Waals surface area contributed by atoms with Crippen LogP contribution in [-0.4, -0.2) is 22.5 Å². The third kappa shape index (κ3) is 3.06. The van der Waals surface area contributed by atoms with Crippen molar-refractivity contribution in [3.8, 4) is 0 Å². The molecule has 0 saturated heterocycles. The van der Waals surface area contributed by atoms with Crippen LogP contribution in [0, 0.1) is 0 Å². The molecule has 1 saturated carbocycles. The van der Waals surface area contributed by atoms with Crippen LogP contribution >= 0.6 is 22.9 Å². The lowest BCUT2D eigenvalue weighted by molar-refractivity contribution is 0.139. The van der Waals surface area contributed by atoms with Crippen LogP contribution in [0.2, 0.25) is 0 Å². The molecule has 18 heavy (non-hydrogen) atoms. The zero-order valence-electron chi connectivity index (χ0n) is 11.4. The Kier molecular flexibility index (Phi) is 5.46. The summed E-state index contributed by atoms with van der Waals surface area (Å²) in [5.41, 5.74) is 1.03. The van der Waals surface area contributed by atoms with Gasteiger partial charge in [0, 0.05) is 11.4 Å². The highest BCUT2D eigenvalue weighted by atomic mass is 35.5. The summed E-state index contributed by atoms with van der Waals surface area (Å²) in [7, 11) is 0. The molecular weight excluding hydrogens is 264 g/mol. The largest absolute Gasteiger partial charge is 0.291 e. The van der Waals surface area contributed by atoms with E-state index in [2.05, 4.69) is 29.1 Å². The van der Waals surface area contributed by atoms with Crippen LogP contribution in [0.15, 0.2) is 5.38 Å². The van der Waals surface area contributed by atoms with E-state index in [4.69, 9.17) is 11.6 Å². The van der Waals surface area contributed by atoms with Gasteiger partial charge in [0.2, 0.25) is 0 Å². The molecule has 1 aliphatic rings. The number of alkyl halides is 1. The van der Waals surface area contributed by atoms with E-state index in [1.54, 1.807) is 11.3 Å². The molecule has 0 spiro atoms. The molecule has 0 radical (unpaired) electrons. The van der Waals surface area contributed by atoms with E-state index in [1.165, 1.54) is 30.7 Å². The van der Waals surface area contributed by atoms with Crippen LogP contribution in [0.3, 0.4) is 0 Å². The van der Waals surface area contributed by atoms with Gasteiger partial charge in [-0.15, -0.1) is 22.9 Å². The molecule has 0 aliphatic heterocycles. The van der Waals surface area contributed by atoms with E-state index < -0.39 is 0 Å². The van der Waals surface area contributed by atoms with Gasteiger partial charge in [0.05, 0.1) is 17.6 Å². The van der Waals surface area contributed by atoms with Crippen molar-refractivity contribution >= 4 is 22.9 Å². The van der Waals surface area contributed by atoms with E-state index in [9.17, 15) is 0 Å². The second kappa shape index (κ2) is 6.88. The van der Waals surface area contributed by atoms with Gasteiger partial charge in [-0.05, 0) is 25.8 Å². The van der Waals surface area contributed by atoms with Crippen molar-refractivity contribution < 1.29 is 0 Å². The van der Waals surface area contributed by atoms with Crippen LogP contribution in [0.5, 0.6) is 0 Å². The molecule has 102 valence electrons. The van der Waals surface area contributed by atoms with Crippen molar-refractivity contribution in [1.82, 2.24) is 9.88 Å². The number of halogens is 1. The molecule has 0 N–H and O–H groups in total. The molecule has 0 amide bonds. The fourth-order valence-corrected chi connectivity index (χ4v) is 4.31. The summed E-state index contributed by atoms with van der Waals surface area (Å²) >= 11 is 7.63. The van der Waals surface area contributed by atoms with Crippen LogP contribution in [0.4, 0.5) is 0 Å². The Balaban J connectivity index is 2.14. The van der Waals surface area contributed by atoms with Crippen molar-refractivity contribution in [3.05, 3.63) is 16.1 Å². The predicted molar refractivity (Wildman–Crippen MR) is 79.3 cm³/mol. The van der Waals surface area contributed by atoms with Crippen LogP contribution in [0.1, 0.15) is 62.7 Å². The lowest BCUT2D eigenvalue weighted by Gasteiger charge is -2.34. The quantitative estimate of drug-likeness (QED) is 0.711. The maximum absolute atomic E-state index is 5.86. The molecule has 1 aromatic rings. The molecule has 1 aromatic heterocycles. The Bertz CT molecular complexity index is 360. The Labute approximate surface area is 119 Å². The summed E-state index contributed by atoms with van der Waals surface area (Å²) in [4.78, 5) is 7.34. The Hall–Kier alpha value is -0.120. The first-order valence-corrected chi connectivity index (χ1v) is 8.47. The summed E-state index contributed by atoms with van der Waals surface area (Å²) in [5.74, 6) is 0.530. The topological polar surface area (TPSA) is 16.1 Å². The first-order valence-electron chi connectivity index (χ1n) is 7.06. The minimum atomic E-state index is 0.486. The standard InChI is InChI=1S/C14H23ClN2S/c1-3-13(14-16-11(9-15)10-18-14)17(4-2)12-7-5-6-8-12/h10,12-13H,3-9H2,1-2H3. The van der Waals surface area contributed by atoms with Gasteiger partial charge in [0.1, 0.15) is 5.01 Å². The number of hydrogen-bond donors (Lipinski definition) is 0. The Morgan fingerprint density at radius 1 is 1.44 bits per heavy atom. The second-order valence-corrected chi connectivity index (χ2v) is 6.16. The highest BCUT2D eigenvalue weighted by Gasteiger charge is 2.29. The van der Waals surface area contributed by atoms with E-state index in [0.717, 1.165) is 24.7 Å².